The van der Waals surface area contributed by atoms with Gasteiger partial charge in [-0.15, -0.1) is 0 Å². The van der Waals surface area contributed by atoms with Gasteiger partial charge in [-0.05, 0) is 69.6 Å². The molecule has 1 fully saturated rings. The molecule has 1 saturated heterocycles. The summed E-state index contributed by atoms with van der Waals surface area (Å²) < 4.78 is 5.16. The smallest absolute Gasteiger partial charge is 0.253 e. The fraction of sp³-hybridized carbons (Fsp3) is 0.650. The van der Waals surface area contributed by atoms with Gasteiger partial charge in [0.1, 0.15) is 0 Å². The van der Waals surface area contributed by atoms with Gasteiger partial charge in [0.05, 0.1) is 5.60 Å². The summed E-state index contributed by atoms with van der Waals surface area (Å²) in [5.41, 5.74) is 1.26. The van der Waals surface area contributed by atoms with E-state index in [1.54, 1.807) is 7.11 Å². The number of likely N-dealkylation sites (tertiary alicyclic amines) is 1. The van der Waals surface area contributed by atoms with E-state index in [2.05, 4.69) is 0 Å². The van der Waals surface area contributed by atoms with E-state index in [9.17, 15) is 9.90 Å². The van der Waals surface area contributed by atoms with Crippen LogP contribution < -0.4 is 0 Å². The number of carbonyl (C=O) groups excluding carboxylic acids is 1. The van der Waals surface area contributed by atoms with Gasteiger partial charge < -0.3 is 14.7 Å². The third-order valence-corrected chi connectivity index (χ3v) is 4.76. The van der Waals surface area contributed by atoms with Gasteiger partial charge in [0, 0.05) is 32.4 Å². The van der Waals surface area contributed by atoms with Crippen LogP contribution in [0.25, 0.3) is 0 Å². The molecule has 0 aliphatic carbocycles. The predicted molar refractivity (Wildman–Crippen MR) is 96.2 cm³/mol. The number of aryl methyl sites for hydroxylation is 1. The van der Waals surface area contributed by atoms with Crippen LogP contribution in [0.2, 0.25) is 0 Å². The Bertz CT molecular complexity index is 519. The van der Waals surface area contributed by atoms with Crippen molar-refractivity contribution in [3.8, 4) is 0 Å². The summed E-state index contributed by atoms with van der Waals surface area (Å²) in [4.78, 5) is 14.7. The summed E-state index contributed by atoms with van der Waals surface area (Å²) in [6.45, 7) is 6.09. The quantitative estimate of drug-likeness (QED) is 0.833. The highest BCUT2D eigenvalue weighted by molar-refractivity contribution is 5.94. The van der Waals surface area contributed by atoms with Crippen LogP contribution in [0, 0.1) is 5.92 Å². The van der Waals surface area contributed by atoms with Crippen molar-refractivity contribution in [2.45, 2.75) is 51.6 Å². The molecular formula is C20H31NO3. The Morgan fingerprint density at radius 3 is 2.67 bits per heavy atom. The Balaban J connectivity index is 1.92. The molecule has 1 aromatic carbocycles. The topological polar surface area (TPSA) is 49.8 Å². The van der Waals surface area contributed by atoms with E-state index >= 15 is 0 Å². The van der Waals surface area contributed by atoms with Crippen molar-refractivity contribution in [1.29, 1.82) is 0 Å². The zero-order valence-electron chi connectivity index (χ0n) is 15.3. The van der Waals surface area contributed by atoms with Gasteiger partial charge in [-0.2, -0.15) is 0 Å². The first kappa shape index (κ1) is 18.9. The van der Waals surface area contributed by atoms with Gasteiger partial charge in [-0.3, -0.25) is 4.79 Å². The van der Waals surface area contributed by atoms with Gasteiger partial charge >= 0.3 is 0 Å². The number of benzene rings is 1. The highest BCUT2D eigenvalue weighted by Crippen LogP contribution is 2.22. The first-order valence-corrected chi connectivity index (χ1v) is 8.98. The molecule has 1 aliphatic heterocycles. The fourth-order valence-electron chi connectivity index (χ4n) is 3.22. The lowest BCUT2D eigenvalue weighted by Gasteiger charge is -2.32. The standard InChI is InChI=1S/C20H31NO3/c1-20(2,23)12-10-16-6-8-18(9-7-16)19(22)21-13-4-5-17(15-21)11-14-24-3/h6-9,17,23H,4-5,10-15H2,1-3H3/t17-/m0/s1. The first-order chi connectivity index (χ1) is 11.4. The third-order valence-electron chi connectivity index (χ3n) is 4.76. The van der Waals surface area contributed by atoms with E-state index in [0.29, 0.717) is 12.3 Å². The number of hydrogen-bond acceptors (Lipinski definition) is 3. The van der Waals surface area contributed by atoms with E-state index in [1.807, 2.05) is 43.0 Å². The molecule has 0 radical (unpaired) electrons. The van der Waals surface area contributed by atoms with Crippen LogP contribution in [0.15, 0.2) is 24.3 Å². The van der Waals surface area contributed by atoms with E-state index in [-0.39, 0.29) is 5.91 Å². The van der Waals surface area contributed by atoms with Crippen LogP contribution in [-0.4, -0.2) is 48.3 Å². The second-order valence-corrected chi connectivity index (χ2v) is 7.55. The monoisotopic (exact) mass is 333 g/mol. The van der Waals surface area contributed by atoms with Crippen LogP contribution in [0.4, 0.5) is 0 Å². The normalized spacial score (nSPS) is 18.7. The second kappa shape index (κ2) is 8.63. The summed E-state index contributed by atoms with van der Waals surface area (Å²) in [6.07, 6.45) is 4.82. The van der Waals surface area contributed by atoms with Crippen LogP contribution in [0.5, 0.6) is 0 Å². The van der Waals surface area contributed by atoms with Gasteiger partial charge in [0.25, 0.3) is 5.91 Å². The van der Waals surface area contributed by atoms with Crippen molar-refractivity contribution in [3.05, 3.63) is 35.4 Å². The Hall–Kier alpha value is -1.39. The molecule has 0 spiro atoms. The van der Waals surface area contributed by atoms with Crippen molar-refractivity contribution in [1.82, 2.24) is 4.90 Å². The molecule has 1 heterocycles. The number of nitrogens with zero attached hydrogens (tertiary/aromatic N) is 1. The molecule has 0 aromatic heterocycles. The first-order valence-electron chi connectivity index (χ1n) is 8.98. The number of methoxy groups -OCH3 is 1. The molecule has 0 saturated carbocycles. The number of piperidine rings is 1. The van der Waals surface area contributed by atoms with E-state index in [4.69, 9.17) is 4.74 Å². The Morgan fingerprint density at radius 1 is 1.33 bits per heavy atom. The van der Waals surface area contributed by atoms with Crippen molar-refractivity contribution >= 4 is 5.91 Å². The van der Waals surface area contributed by atoms with E-state index in [0.717, 1.165) is 50.1 Å². The molecule has 1 N–H and O–H groups in total. The number of hydrogen-bond donors (Lipinski definition) is 1. The molecule has 2 rings (SSSR count). The highest BCUT2D eigenvalue weighted by atomic mass is 16.5. The SMILES string of the molecule is COCC[C@@H]1CCCN(C(=O)c2ccc(CCC(C)(C)O)cc2)C1. The maximum Gasteiger partial charge on any atom is 0.253 e. The molecule has 1 amide bonds. The zero-order chi connectivity index (χ0) is 17.6. The number of ether oxygens (including phenoxy) is 1. The number of amides is 1. The van der Waals surface area contributed by atoms with Crippen molar-refractivity contribution in [2.24, 2.45) is 5.92 Å². The lowest BCUT2D eigenvalue weighted by Crippen LogP contribution is -2.40. The van der Waals surface area contributed by atoms with E-state index in [1.165, 1.54) is 6.42 Å². The van der Waals surface area contributed by atoms with Crippen LogP contribution in [-0.2, 0) is 11.2 Å². The lowest BCUT2D eigenvalue weighted by atomic mass is 9.94. The Kier molecular flexibility index (Phi) is 6.81. The van der Waals surface area contributed by atoms with Crippen molar-refractivity contribution < 1.29 is 14.6 Å². The second-order valence-electron chi connectivity index (χ2n) is 7.55. The average Bonchev–Trinajstić information content (AvgIpc) is 2.57. The summed E-state index contributed by atoms with van der Waals surface area (Å²) in [6, 6.07) is 7.85. The maximum absolute atomic E-state index is 12.7. The lowest BCUT2D eigenvalue weighted by molar-refractivity contribution is 0.0641. The number of rotatable bonds is 7. The molecule has 4 heteroatoms. The molecule has 0 unspecified atom stereocenters. The molecule has 4 nitrogen and oxygen atoms in total. The number of carbonyl (C=O) groups is 1. The van der Waals surface area contributed by atoms with Gasteiger partial charge in [0.2, 0.25) is 0 Å². The maximum atomic E-state index is 12.7. The fourth-order valence-corrected chi connectivity index (χ4v) is 3.22. The van der Waals surface area contributed by atoms with Crippen LogP contribution in [0.1, 0.15) is 55.5 Å². The zero-order valence-corrected chi connectivity index (χ0v) is 15.3. The summed E-state index contributed by atoms with van der Waals surface area (Å²) in [5, 5.41) is 9.81. The summed E-state index contributed by atoms with van der Waals surface area (Å²) in [5.74, 6) is 0.680. The minimum absolute atomic E-state index is 0.131. The Morgan fingerprint density at radius 2 is 2.04 bits per heavy atom. The third kappa shape index (κ3) is 5.91. The average molecular weight is 333 g/mol. The Labute approximate surface area is 145 Å². The predicted octanol–water partition coefficient (Wildman–Crippen LogP) is 3.28. The van der Waals surface area contributed by atoms with Crippen molar-refractivity contribution in [3.63, 3.8) is 0 Å². The molecule has 24 heavy (non-hydrogen) atoms. The number of aliphatic hydroxyl groups is 1. The summed E-state index contributed by atoms with van der Waals surface area (Å²) >= 11 is 0. The molecular weight excluding hydrogens is 302 g/mol. The minimum atomic E-state index is -0.653. The molecule has 1 atom stereocenters. The summed E-state index contributed by atoms with van der Waals surface area (Å²) in [7, 11) is 1.73. The van der Waals surface area contributed by atoms with Gasteiger partial charge in [-0.1, -0.05) is 12.1 Å². The highest BCUT2D eigenvalue weighted by Gasteiger charge is 2.24. The van der Waals surface area contributed by atoms with Gasteiger partial charge in [0.15, 0.2) is 0 Å². The minimum Gasteiger partial charge on any atom is -0.390 e. The molecule has 0 bridgehead atoms. The van der Waals surface area contributed by atoms with Crippen LogP contribution in [0.3, 0.4) is 0 Å². The largest absolute Gasteiger partial charge is 0.390 e. The molecule has 134 valence electrons. The van der Waals surface area contributed by atoms with Crippen molar-refractivity contribution in [2.75, 3.05) is 26.8 Å². The molecule has 1 aromatic rings. The van der Waals surface area contributed by atoms with E-state index < -0.39 is 5.60 Å². The molecule has 1 aliphatic rings. The van der Waals surface area contributed by atoms with Gasteiger partial charge in [-0.25, -0.2) is 0 Å². The van der Waals surface area contributed by atoms with Crippen LogP contribution >= 0.6 is 0 Å².